The number of likely N-dealkylation sites (N-methyl/N-ethyl adjacent to an activating group) is 1. The Morgan fingerprint density at radius 2 is 1.62 bits per heavy atom. The third kappa shape index (κ3) is 5.62. The number of hydrogen-bond donors (Lipinski definition) is 8. The van der Waals surface area contributed by atoms with E-state index in [1.54, 1.807) is 0 Å². The maximum Gasteiger partial charge on any atom is 0.449 e. The number of halogens is 1. The number of primary amides is 1. The van der Waals surface area contributed by atoms with Crippen LogP contribution in [0, 0.1) is 11.8 Å². The molecule has 0 unspecified atom stereocenters. The van der Waals surface area contributed by atoms with E-state index in [0.29, 0.717) is 0 Å². The number of carbonyl (C=O) groups is 4. The number of rotatable bonds is 4. The van der Waals surface area contributed by atoms with Crippen molar-refractivity contribution < 1.29 is 67.0 Å². The Hall–Kier alpha value is -4.78. The molecule has 1 fully saturated rings. The van der Waals surface area contributed by atoms with E-state index in [1.165, 1.54) is 49.3 Å². The number of aliphatic hydroxyl groups excluding tert-OH is 3. The smallest absolute Gasteiger partial charge is 0.449 e. The fourth-order valence-corrected chi connectivity index (χ4v) is 6.61. The summed E-state index contributed by atoms with van der Waals surface area (Å²) >= 11 is 6.25. The molecule has 5 atom stereocenters. The average Bonchev–Trinajstić information content (AvgIpc) is 2.95. The molecule has 5 rings (SSSR count). The van der Waals surface area contributed by atoms with E-state index in [1.807, 2.05) is 0 Å². The maximum absolute atomic E-state index is 13.7. The summed E-state index contributed by atoms with van der Waals surface area (Å²) in [6.45, 7) is 3.89. The van der Waals surface area contributed by atoms with Crippen LogP contribution in [0.4, 0.5) is 0 Å². The van der Waals surface area contributed by atoms with Gasteiger partial charge >= 0.3 is 16.4 Å². The lowest BCUT2D eigenvalue weighted by Gasteiger charge is -2.52. The van der Waals surface area contributed by atoms with Gasteiger partial charge in [0.15, 0.2) is 11.4 Å². The highest BCUT2D eigenvalue weighted by atomic mass is 35.5. The Morgan fingerprint density at radius 1 is 1.02 bits per heavy atom. The Balaban J connectivity index is 0.000000300. The van der Waals surface area contributed by atoms with Crippen molar-refractivity contribution >= 4 is 56.8 Å². The maximum atomic E-state index is 13.7. The molecule has 1 saturated carbocycles. The van der Waals surface area contributed by atoms with Crippen molar-refractivity contribution in [1.29, 1.82) is 0 Å². The molecule has 18 heteroatoms. The van der Waals surface area contributed by atoms with Crippen LogP contribution >= 0.6 is 11.6 Å². The average molecular weight is 695 g/mol. The number of Topliss-reactive ketones (excluding diaryl/α,β-unsaturated/α-hetero) is 2. The van der Waals surface area contributed by atoms with Crippen LogP contribution in [0.25, 0.3) is 11.3 Å². The van der Waals surface area contributed by atoms with Gasteiger partial charge < -0.3 is 40.6 Å². The number of amides is 1. The summed E-state index contributed by atoms with van der Waals surface area (Å²) in [4.78, 5) is 50.9. The number of fused-ring (bicyclic) bond motifs is 3. The largest absolute Gasteiger partial charge is 0.508 e. The molecular weight excluding hydrogens is 668 g/mol. The Kier molecular flexibility index (Phi) is 9.03. The SMILES string of the molecule is C=C1c2c(Cl)ccc(O)c2C(O)=C2C(=O)[C@]3(O)C(O)=C(C(N)=O)C(=O)[C@@H](N(C)C)[C@@H]3[C@@H](O)[C@H]12.O=C(OS(=O)(=O)O)c1ccccc1O. The number of ketones is 2. The lowest BCUT2D eigenvalue weighted by molar-refractivity contribution is -0.166. The van der Waals surface area contributed by atoms with Gasteiger partial charge in [0.05, 0.1) is 29.2 Å². The van der Waals surface area contributed by atoms with Gasteiger partial charge in [-0.25, -0.2) is 4.79 Å². The monoisotopic (exact) mass is 694 g/mol. The fraction of sp³-hybridized carbons (Fsp3) is 0.241. The highest BCUT2D eigenvalue weighted by Crippen LogP contribution is 2.56. The summed E-state index contributed by atoms with van der Waals surface area (Å²) in [5.41, 5.74) is 0.292. The Labute approximate surface area is 270 Å². The topological polar surface area (TPSA) is 283 Å². The molecular formula is C29H27ClN2O14S. The van der Waals surface area contributed by atoms with E-state index in [0.717, 1.165) is 6.07 Å². The van der Waals surface area contributed by atoms with Crippen LogP contribution in [0.15, 0.2) is 59.9 Å². The van der Waals surface area contributed by atoms with E-state index >= 15 is 0 Å². The predicted octanol–water partition coefficient (Wildman–Crippen LogP) is 0.411. The second kappa shape index (κ2) is 12.1. The van der Waals surface area contributed by atoms with E-state index in [4.69, 9.17) is 27.0 Å². The van der Waals surface area contributed by atoms with Crippen LogP contribution in [-0.2, 0) is 29.0 Å². The zero-order valence-corrected chi connectivity index (χ0v) is 25.9. The van der Waals surface area contributed by atoms with Crippen molar-refractivity contribution in [3.63, 3.8) is 0 Å². The number of nitrogens with two attached hydrogens (primary N) is 1. The van der Waals surface area contributed by atoms with Gasteiger partial charge in [-0.3, -0.25) is 23.8 Å². The number of aromatic hydroxyl groups is 2. The van der Waals surface area contributed by atoms with Crippen LogP contribution in [-0.4, -0.2) is 104 Å². The molecule has 9 N–H and O–H groups in total. The van der Waals surface area contributed by atoms with Crippen LogP contribution in [0.5, 0.6) is 11.5 Å². The van der Waals surface area contributed by atoms with Crippen LogP contribution in [0.3, 0.4) is 0 Å². The summed E-state index contributed by atoms with van der Waals surface area (Å²) in [7, 11) is -2.01. The minimum atomic E-state index is -4.85. The highest BCUT2D eigenvalue weighted by molar-refractivity contribution is 7.81. The molecule has 3 aliphatic rings. The Bertz CT molecular complexity index is 1940. The lowest BCUT2D eigenvalue weighted by atomic mass is 9.55. The number of aliphatic hydroxyl groups is 4. The van der Waals surface area contributed by atoms with E-state index in [2.05, 4.69) is 10.8 Å². The summed E-state index contributed by atoms with van der Waals surface area (Å²) in [6.07, 6.45) is -1.75. The number of hydrogen-bond acceptors (Lipinski definition) is 14. The van der Waals surface area contributed by atoms with Crippen LogP contribution < -0.4 is 5.73 Å². The number of phenols is 2. The minimum Gasteiger partial charge on any atom is -0.508 e. The molecule has 1 amide bonds. The van der Waals surface area contributed by atoms with Crippen molar-refractivity contribution in [3.05, 3.63) is 81.6 Å². The normalized spacial score (nSPS) is 25.4. The van der Waals surface area contributed by atoms with Crippen LogP contribution in [0.1, 0.15) is 21.5 Å². The number of phenolic OH excluding ortho intramolecular Hbond substituents is 2. The molecule has 0 saturated heterocycles. The summed E-state index contributed by atoms with van der Waals surface area (Å²) in [6, 6.07) is 6.26. The Morgan fingerprint density at radius 3 is 2.15 bits per heavy atom. The van der Waals surface area contributed by atoms with Gasteiger partial charge in [-0.2, -0.15) is 8.42 Å². The van der Waals surface area contributed by atoms with Crippen LogP contribution in [0.2, 0.25) is 5.02 Å². The quantitative estimate of drug-likeness (QED) is 0.159. The molecule has 0 heterocycles. The molecule has 0 radical (unpaired) electrons. The first-order chi connectivity index (χ1) is 21.7. The molecule has 0 bridgehead atoms. The molecule has 0 aromatic heterocycles. The first kappa shape index (κ1) is 35.1. The molecule has 2 aromatic rings. The molecule has 3 aliphatic carbocycles. The lowest BCUT2D eigenvalue weighted by Crippen LogP contribution is -2.70. The molecule has 0 spiro atoms. The number of nitrogens with zero attached hydrogens (tertiary/aromatic N) is 1. The van der Waals surface area contributed by atoms with E-state index in [9.17, 15) is 53.1 Å². The summed E-state index contributed by atoms with van der Waals surface area (Å²) in [5, 5.41) is 64.1. The molecule has 47 heavy (non-hydrogen) atoms. The second-order valence-corrected chi connectivity index (χ2v) is 12.3. The fourth-order valence-electron chi connectivity index (χ4n) is 6.05. The first-order valence-corrected chi connectivity index (χ1v) is 14.9. The standard InChI is InChI=1S/C22H21ClN2O8.C7H6O6S/c1-6-9-7(23)4-5-8(26)11(9)16(27)12-10(6)17(28)14-15(25(2)3)18(29)13(21(24)32)20(31)22(14,33)19(12)30;8-6-4-2-1-3-5(6)7(9)13-14(10,11)12/h4-5,10,14-15,17,26-28,31,33H,1H2,2-3H3,(H2,24,32);1-4,8H,(H,10,11,12)/t10-,14-,15+,17+,22+;/m1./s1. The zero-order valence-electron chi connectivity index (χ0n) is 24.3. The van der Waals surface area contributed by atoms with Gasteiger partial charge in [0, 0.05) is 16.5 Å². The third-order valence-electron chi connectivity index (χ3n) is 7.98. The van der Waals surface area contributed by atoms with Gasteiger partial charge in [0.25, 0.3) is 5.91 Å². The van der Waals surface area contributed by atoms with E-state index in [-0.39, 0.29) is 27.3 Å². The number of carbonyl (C=O) groups excluding carboxylic acids is 4. The van der Waals surface area contributed by atoms with Gasteiger partial charge in [0.2, 0.25) is 5.78 Å². The summed E-state index contributed by atoms with van der Waals surface area (Å²) < 4.78 is 32.1. The minimum absolute atomic E-state index is 0.0516. The number of para-hydroxylation sites is 1. The van der Waals surface area contributed by atoms with Crippen molar-refractivity contribution in [2.75, 3.05) is 14.1 Å². The molecule has 2 aromatic carbocycles. The third-order valence-corrected chi connectivity index (χ3v) is 8.65. The number of benzene rings is 2. The first-order valence-electron chi connectivity index (χ1n) is 13.2. The van der Waals surface area contributed by atoms with Crippen molar-refractivity contribution in [2.45, 2.75) is 17.7 Å². The predicted molar refractivity (Wildman–Crippen MR) is 161 cm³/mol. The van der Waals surface area contributed by atoms with Gasteiger partial charge in [-0.15, -0.1) is 0 Å². The molecule has 16 nitrogen and oxygen atoms in total. The van der Waals surface area contributed by atoms with Gasteiger partial charge in [-0.05, 0) is 43.9 Å². The van der Waals surface area contributed by atoms with Gasteiger partial charge in [0.1, 0.15) is 34.2 Å². The van der Waals surface area contributed by atoms with Crippen molar-refractivity contribution in [3.8, 4) is 11.5 Å². The molecule has 250 valence electrons. The van der Waals surface area contributed by atoms with Gasteiger partial charge in [-0.1, -0.05) is 30.3 Å². The highest BCUT2D eigenvalue weighted by Gasteiger charge is 2.68. The van der Waals surface area contributed by atoms with Crippen molar-refractivity contribution in [2.24, 2.45) is 17.6 Å². The molecule has 0 aliphatic heterocycles. The zero-order chi connectivity index (χ0) is 35.5. The van der Waals surface area contributed by atoms with Crippen molar-refractivity contribution in [1.82, 2.24) is 4.90 Å². The summed E-state index contributed by atoms with van der Waals surface area (Å²) in [5.74, 6) is -10.9. The second-order valence-electron chi connectivity index (χ2n) is 10.9. The van der Waals surface area contributed by atoms with E-state index < -0.39 is 97.6 Å².